The van der Waals surface area contributed by atoms with E-state index in [1.54, 1.807) is 25.2 Å². The van der Waals surface area contributed by atoms with E-state index in [-0.39, 0.29) is 11.9 Å². The second-order valence-corrected chi connectivity index (χ2v) is 6.05. The summed E-state index contributed by atoms with van der Waals surface area (Å²) in [7, 11) is 3.47. The van der Waals surface area contributed by atoms with Gasteiger partial charge < -0.3 is 10.6 Å². The van der Waals surface area contributed by atoms with Crippen molar-refractivity contribution in [3.8, 4) is 0 Å². The molecule has 0 spiro atoms. The lowest BCUT2D eigenvalue weighted by molar-refractivity contribution is 0.0753. The maximum Gasteiger partial charge on any atom is 0.259 e. The number of anilines is 1. The Hall–Kier alpha value is -3.15. The van der Waals surface area contributed by atoms with Crippen molar-refractivity contribution in [3.05, 3.63) is 77.2 Å². The van der Waals surface area contributed by atoms with Crippen LogP contribution in [0.4, 0.5) is 5.82 Å². The van der Waals surface area contributed by atoms with Gasteiger partial charge in [-0.25, -0.2) is 0 Å². The van der Waals surface area contributed by atoms with Crippen LogP contribution in [-0.2, 0) is 7.05 Å². The van der Waals surface area contributed by atoms with E-state index in [9.17, 15) is 4.79 Å². The molecule has 25 heavy (non-hydrogen) atoms. The maximum absolute atomic E-state index is 13.0. The second kappa shape index (κ2) is 6.76. The second-order valence-electron chi connectivity index (χ2n) is 6.05. The highest BCUT2D eigenvalue weighted by atomic mass is 16.2. The van der Waals surface area contributed by atoms with Crippen LogP contribution in [0.25, 0.3) is 0 Å². The molecule has 3 aromatic rings. The molecule has 128 valence electrons. The number of hydrogen-bond donors (Lipinski definition) is 1. The van der Waals surface area contributed by atoms with E-state index in [2.05, 4.69) is 10.1 Å². The number of aryl methyl sites for hydroxylation is 2. The summed E-state index contributed by atoms with van der Waals surface area (Å²) in [6, 6.07) is 13.5. The van der Waals surface area contributed by atoms with Crippen molar-refractivity contribution in [2.24, 2.45) is 7.05 Å². The Morgan fingerprint density at radius 3 is 2.48 bits per heavy atom. The standard InChI is InChI=1S/C19H21N5O/c1-13-7-9-14(10-8-13)17(16-6-4-5-11-21-16)23(2)19(25)15-12-22-24(3)18(15)20/h4-12,17H,20H2,1-3H3/t17-/m0/s1. The van der Waals surface area contributed by atoms with Gasteiger partial charge in [-0.1, -0.05) is 35.9 Å². The number of aromatic nitrogens is 3. The van der Waals surface area contributed by atoms with Crippen molar-refractivity contribution < 1.29 is 4.79 Å². The van der Waals surface area contributed by atoms with E-state index in [1.807, 2.05) is 49.4 Å². The summed E-state index contributed by atoms with van der Waals surface area (Å²) in [5.74, 6) is 0.155. The van der Waals surface area contributed by atoms with E-state index in [4.69, 9.17) is 5.73 Å². The van der Waals surface area contributed by atoms with Crippen LogP contribution in [0.5, 0.6) is 0 Å². The molecule has 0 radical (unpaired) electrons. The fourth-order valence-corrected chi connectivity index (χ4v) is 2.80. The summed E-state index contributed by atoms with van der Waals surface area (Å²) in [4.78, 5) is 19.1. The molecule has 2 heterocycles. The van der Waals surface area contributed by atoms with Gasteiger partial charge in [0.1, 0.15) is 11.4 Å². The van der Waals surface area contributed by atoms with Crippen molar-refractivity contribution in [1.82, 2.24) is 19.7 Å². The molecule has 6 heteroatoms. The van der Waals surface area contributed by atoms with Gasteiger partial charge in [0.05, 0.1) is 17.9 Å². The topological polar surface area (TPSA) is 77.0 Å². The van der Waals surface area contributed by atoms with E-state index in [0.29, 0.717) is 11.4 Å². The maximum atomic E-state index is 13.0. The highest BCUT2D eigenvalue weighted by Gasteiger charge is 2.27. The molecule has 0 bridgehead atoms. The average Bonchev–Trinajstić information content (AvgIpc) is 2.96. The number of hydrogen-bond acceptors (Lipinski definition) is 4. The van der Waals surface area contributed by atoms with Gasteiger partial charge >= 0.3 is 0 Å². The molecule has 1 aromatic carbocycles. The fraction of sp³-hybridized carbons (Fsp3) is 0.211. The van der Waals surface area contributed by atoms with Crippen molar-refractivity contribution in [1.29, 1.82) is 0 Å². The quantitative estimate of drug-likeness (QED) is 0.795. The third-order valence-electron chi connectivity index (χ3n) is 4.28. The van der Waals surface area contributed by atoms with Crippen LogP contribution in [0.1, 0.15) is 33.2 Å². The fourth-order valence-electron chi connectivity index (χ4n) is 2.80. The van der Waals surface area contributed by atoms with Gasteiger partial charge in [0.25, 0.3) is 5.91 Å². The van der Waals surface area contributed by atoms with Crippen LogP contribution >= 0.6 is 0 Å². The van der Waals surface area contributed by atoms with Gasteiger partial charge in [0.15, 0.2) is 0 Å². The zero-order chi connectivity index (χ0) is 18.0. The number of benzene rings is 1. The molecule has 1 amide bonds. The smallest absolute Gasteiger partial charge is 0.259 e. The number of nitrogens with two attached hydrogens (primary N) is 1. The molecule has 6 nitrogen and oxygen atoms in total. The van der Waals surface area contributed by atoms with Crippen molar-refractivity contribution in [3.63, 3.8) is 0 Å². The molecule has 0 unspecified atom stereocenters. The number of nitrogens with zero attached hydrogens (tertiary/aromatic N) is 4. The largest absolute Gasteiger partial charge is 0.383 e. The minimum Gasteiger partial charge on any atom is -0.383 e. The van der Waals surface area contributed by atoms with Crippen molar-refractivity contribution >= 4 is 11.7 Å². The average molecular weight is 335 g/mol. The summed E-state index contributed by atoms with van der Waals surface area (Å²) in [5.41, 5.74) is 9.31. The van der Waals surface area contributed by atoms with Gasteiger partial charge in [0.2, 0.25) is 0 Å². The number of carbonyl (C=O) groups excluding carboxylic acids is 1. The monoisotopic (exact) mass is 335 g/mol. The first-order valence-corrected chi connectivity index (χ1v) is 8.01. The van der Waals surface area contributed by atoms with Crippen LogP contribution in [-0.4, -0.2) is 32.6 Å². The zero-order valence-corrected chi connectivity index (χ0v) is 14.5. The van der Waals surface area contributed by atoms with Crippen LogP contribution < -0.4 is 5.73 Å². The predicted molar refractivity (Wildman–Crippen MR) is 97.0 cm³/mol. The molecule has 1 atom stereocenters. The SMILES string of the molecule is Cc1ccc([C@@H](c2ccccn2)N(C)C(=O)c2cnn(C)c2N)cc1. The van der Waals surface area contributed by atoms with Gasteiger partial charge in [-0.2, -0.15) is 5.10 Å². The van der Waals surface area contributed by atoms with Crippen LogP contribution in [0.15, 0.2) is 54.9 Å². The summed E-state index contributed by atoms with van der Waals surface area (Å²) in [5, 5.41) is 4.06. The van der Waals surface area contributed by atoms with Gasteiger partial charge in [-0.15, -0.1) is 0 Å². The Labute approximate surface area is 146 Å². The molecule has 0 aliphatic carbocycles. The lowest BCUT2D eigenvalue weighted by Gasteiger charge is -2.28. The van der Waals surface area contributed by atoms with E-state index >= 15 is 0 Å². The molecule has 0 aliphatic rings. The van der Waals surface area contributed by atoms with E-state index < -0.39 is 0 Å². The lowest BCUT2D eigenvalue weighted by Crippen LogP contribution is -2.32. The van der Waals surface area contributed by atoms with Crippen LogP contribution in [0.2, 0.25) is 0 Å². The molecule has 0 fully saturated rings. The first kappa shape index (κ1) is 16.7. The minimum absolute atomic E-state index is 0.193. The Balaban J connectivity index is 2.03. The number of amides is 1. The third kappa shape index (κ3) is 3.24. The molecule has 3 rings (SSSR count). The summed E-state index contributed by atoms with van der Waals surface area (Å²) in [6.45, 7) is 2.03. The van der Waals surface area contributed by atoms with Crippen molar-refractivity contribution in [2.45, 2.75) is 13.0 Å². The molecular formula is C19H21N5O. The first-order chi connectivity index (χ1) is 12.0. The molecule has 0 saturated heterocycles. The van der Waals surface area contributed by atoms with E-state index in [0.717, 1.165) is 16.8 Å². The summed E-state index contributed by atoms with van der Waals surface area (Å²) >= 11 is 0. The molecule has 2 N–H and O–H groups in total. The molecular weight excluding hydrogens is 314 g/mol. The highest BCUT2D eigenvalue weighted by molar-refractivity contribution is 5.98. The zero-order valence-electron chi connectivity index (χ0n) is 14.5. The van der Waals surface area contributed by atoms with Crippen LogP contribution in [0, 0.1) is 6.92 Å². The first-order valence-electron chi connectivity index (χ1n) is 8.01. The Morgan fingerprint density at radius 2 is 1.92 bits per heavy atom. The van der Waals surface area contributed by atoms with Gasteiger partial charge in [-0.05, 0) is 24.6 Å². The number of pyridine rings is 1. The van der Waals surface area contributed by atoms with Crippen molar-refractivity contribution in [2.75, 3.05) is 12.8 Å². The number of carbonyl (C=O) groups is 1. The lowest BCUT2D eigenvalue weighted by atomic mass is 10.00. The minimum atomic E-state index is -0.311. The van der Waals surface area contributed by atoms with E-state index in [1.165, 1.54) is 10.9 Å². The molecule has 0 aliphatic heterocycles. The Kier molecular flexibility index (Phi) is 4.52. The molecule has 2 aromatic heterocycles. The Bertz CT molecular complexity index is 871. The van der Waals surface area contributed by atoms with Crippen LogP contribution in [0.3, 0.4) is 0 Å². The normalized spacial score (nSPS) is 12.0. The summed E-state index contributed by atoms with van der Waals surface area (Å²) < 4.78 is 1.49. The summed E-state index contributed by atoms with van der Waals surface area (Å²) in [6.07, 6.45) is 3.23. The third-order valence-corrected chi connectivity index (χ3v) is 4.28. The molecule has 0 saturated carbocycles. The Morgan fingerprint density at radius 1 is 1.20 bits per heavy atom. The predicted octanol–water partition coefficient (Wildman–Crippen LogP) is 2.57. The number of rotatable bonds is 4. The highest BCUT2D eigenvalue weighted by Crippen LogP contribution is 2.28. The van der Waals surface area contributed by atoms with Gasteiger partial charge in [-0.3, -0.25) is 14.5 Å². The number of nitrogen functional groups attached to an aromatic ring is 1. The van der Waals surface area contributed by atoms with Gasteiger partial charge in [0, 0.05) is 20.3 Å².